The number of esters is 6. The van der Waals surface area contributed by atoms with Gasteiger partial charge >= 0.3 is 41.8 Å². The molecule has 2 aliphatic heterocycles. The molecule has 2 fully saturated rings. The van der Waals surface area contributed by atoms with E-state index in [1.165, 1.54) is 19.2 Å². The van der Waals surface area contributed by atoms with Crippen molar-refractivity contribution in [1.29, 1.82) is 0 Å². The van der Waals surface area contributed by atoms with Crippen LogP contribution in [0.4, 0.5) is 4.79 Å². The third-order valence-electron chi connectivity index (χ3n) is 9.38. The minimum absolute atomic E-state index is 0.0721. The number of nitrogens with one attached hydrogen (secondary N) is 2. The zero-order valence-electron chi connectivity index (χ0n) is 34.5. The Balaban J connectivity index is 1.52. The quantitative estimate of drug-likeness (QED) is 0.156. The molecule has 2 aliphatic rings. The normalized spacial score (nSPS) is 25.5. The summed E-state index contributed by atoms with van der Waals surface area (Å²) in [5.74, 6) is -4.85. The third-order valence-corrected chi connectivity index (χ3v) is 9.38. The lowest BCUT2D eigenvalue weighted by Gasteiger charge is -2.46. The molecular weight excluding hydrogens is 816 g/mol. The van der Waals surface area contributed by atoms with Gasteiger partial charge in [0.2, 0.25) is 0 Å². The second-order valence-corrected chi connectivity index (χ2v) is 14.0. The van der Waals surface area contributed by atoms with Gasteiger partial charge < -0.3 is 58.0 Å². The van der Waals surface area contributed by atoms with Crippen molar-refractivity contribution in [1.82, 2.24) is 10.6 Å². The number of urea groups is 1. The molecule has 0 radical (unpaired) electrons. The van der Waals surface area contributed by atoms with Crippen LogP contribution in [0.25, 0.3) is 0 Å². The monoisotopic (exact) mass is 864 g/mol. The van der Waals surface area contributed by atoms with Gasteiger partial charge in [0.15, 0.2) is 36.9 Å². The number of rotatable bonds is 16. The molecule has 2 N–H and O–H groups in total. The summed E-state index contributed by atoms with van der Waals surface area (Å²) in [5.41, 5.74) is 1.12. The first-order valence-corrected chi connectivity index (χ1v) is 19.4. The van der Waals surface area contributed by atoms with Gasteiger partial charge in [-0.25, -0.2) is 14.4 Å². The van der Waals surface area contributed by atoms with Crippen LogP contribution < -0.4 is 10.6 Å². The lowest BCUT2D eigenvalue weighted by atomic mass is 9.95. The molecule has 0 aromatic heterocycles. The first-order chi connectivity index (χ1) is 29.7. The van der Waals surface area contributed by atoms with Crippen LogP contribution in [0.2, 0.25) is 0 Å². The highest BCUT2D eigenvalue weighted by atomic mass is 16.7. The van der Waals surface area contributed by atoms with Gasteiger partial charge in [-0.15, -0.1) is 0 Å². The van der Waals surface area contributed by atoms with Crippen LogP contribution in [0, 0.1) is 0 Å². The van der Waals surface area contributed by atoms with Crippen molar-refractivity contribution in [2.75, 3.05) is 20.3 Å². The van der Waals surface area contributed by atoms with Crippen molar-refractivity contribution in [3.63, 3.8) is 0 Å². The summed E-state index contributed by atoms with van der Waals surface area (Å²) in [6.07, 6.45) is -13.0. The molecule has 2 heterocycles. The number of methoxy groups -OCH3 is 1. The molecule has 19 nitrogen and oxygen atoms in total. The van der Waals surface area contributed by atoms with E-state index < -0.39 is 116 Å². The highest BCUT2D eigenvalue weighted by molar-refractivity contribution is 5.90. The van der Waals surface area contributed by atoms with Gasteiger partial charge in [0.1, 0.15) is 31.5 Å². The lowest BCUT2D eigenvalue weighted by molar-refractivity contribution is -0.278. The Labute approximate surface area is 356 Å². The van der Waals surface area contributed by atoms with Gasteiger partial charge in [-0.3, -0.25) is 19.2 Å². The molecule has 5 rings (SSSR count). The number of benzene rings is 3. The molecule has 2 saturated heterocycles. The highest BCUT2D eigenvalue weighted by Gasteiger charge is 2.54. The summed E-state index contributed by atoms with van der Waals surface area (Å²) in [7, 11) is 1.31. The Morgan fingerprint density at radius 2 is 1.06 bits per heavy atom. The Morgan fingerprint density at radius 3 is 1.63 bits per heavy atom. The van der Waals surface area contributed by atoms with Crippen molar-refractivity contribution in [3.05, 3.63) is 108 Å². The fourth-order valence-corrected chi connectivity index (χ4v) is 6.75. The van der Waals surface area contributed by atoms with Crippen molar-refractivity contribution in [3.8, 4) is 0 Å². The van der Waals surface area contributed by atoms with Crippen molar-refractivity contribution >= 4 is 41.8 Å². The van der Waals surface area contributed by atoms with E-state index in [2.05, 4.69) is 10.6 Å². The molecule has 19 heteroatoms. The van der Waals surface area contributed by atoms with Crippen molar-refractivity contribution in [2.24, 2.45) is 0 Å². The zero-order valence-corrected chi connectivity index (χ0v) is 34.5. The van der Waals surface area contributed by atoms with Crippen LogP contribution in [0.1, 0.15) is 54.0 Å². The van der Waals surface area contributed by atoms with Crippen LogP contribution in [0.15, 0.2) is 91.0 Å². The summed E-state index contributed by atoms with van der Waals surface area (Å²) in [6, 6.07) is 22.8. The molecule has 3 aromatic carbocycles. The average Bonchev–Trinajstić information content (AvgIpc) is 3.24. The molecule has 0 aliphatic carbocycles. The molecule has 0 bridgehead atoms. The van der Waals surface area contributed by atoms with Crippen LogP contribution in [0.5, 0.6) is 0 Å². The van der Waals surface area contributed by atoms with E-state index in [1.807, 2.05) is 6.07 Å². The van der Waals surface area contributed by atoms with Gasteiger partial charge in [-0.05, 0) is 29.8 Å². The average molecular weight is 865 g/mol. The molecule has 0 unspecified atom stereocenters. The largest absolute Gasteiger partial charge is 0.463 e. The van der Waals surface area contributed by atoms with Gasteiger partial charge in [0.25, 0.3) is 0 Å². The van der Waals surface area contributed by atoms with Crippen LogP contribution in [-0.4, -0.2) is 123 Å². The van der Waals surface area contributed by atoms with Crippen molar-refractivity contribution < 1.29 is 80.9 Å². The first kappa shape index (κ1) is 46.7. The first-order valence-electron chi connectivity index (χ1n) is 19.4. The summed E-state index contributed by atoms with van der Waals surface area (Å²) in [5, 5.41) is 5.30. The third kappa shape index (κ3) is 13.0. The van der Waals surface area contributed by atoms with Crippen molar-refractivity contribution in [2.45, 2.75) is 95.6 Å². The molecule has 0 saturated carbocycles. The summed E-state index contributed by atoms with van der Waals surface area (Å²) in [6.45, 7) is 3.18. The topological polar surface area (TPSA) is 236 Å². The maximum atomic E-state index is 14.3. The highest BCUT2D eigenvalue weighted by Crippen LogP contribution is 2.31. The predicted molar refractivity (Wildman–Crippen MR) is 210 cm³/mol. The van der Waals surface area contributed by atoms with Gasteiger partial charge in [-0.1, -0.05) is 66.7 Å². The maximum Gasteiger partial charge on any atom is 0.338 e. The predicted octanol–water partition coefficient (Wildman–Crippen LogP) is 2.78. The van der Waals surface area contributed by atoms with E-state index in [9.17, 15) is 33.6 Å². The second kappa shape index (κ2) is 22.4. The van der Waals surface area contributed by atoms with Gasteiger partial charge in [0.05, 0.1) is 23.8 Å². The van der Waals surface area contributed by atoms with Crippen LogP contribution in [0.3, 0.4) is 0 Å². The number of hydrogen-bond acceptors (Lipinski definition) is 17. The van der Waals surface area contributed by atoms with E-state index in [-0.39, 0.29) is 17.7 Å². The fourth-order valence-electron chi connectivity index (χ4n) is 6.75. The molecule has 10 atom stereocenters. The fraction of sp³-hybridized carbons (Fsp3) is 0.419. The Hall–Kier alpha value is -6.41. The van der Waals surface area contributed by atoms with E-state index in [1.54, 1.807) is 72.8 Å². The van der Waals surface area contributed by atoms with Crippen LogP contribution in [-0.2, 0) is 73.2 Å². The van der Waals surface area contributed by atoms with E-state index in [0.717, 1.165) is 27.7 Å². The standard InChI is InChI=1S/C43H48N2O17/c1-24(46)54-23-32-34(57-25(2)47)36(58-26(3)48)37(59-27(4)49)39(60-32)45-43(52)44-33-31(22-56-40(50)29-17-11-7-12-18-29)61-42(53-5)38(62-41(51)30-19-13-8-14-20-30)35(33)55-21-28-15-9-6-10-16-28/h6-20,31-39,42H,21-23H2,1-5H3,(H2,44,45,52)/t31-,32-,33-,34-,35+,36+,37-,38-,39-,42+/m1/s1. The Morgan fingerprint density at radius 1 is 0.532 bits per heavy atom. The number of hydrogen-bond donors (Lipinski definition) is 2. The number of carbonyl (C=O) groups excluding carboxylic acids is 7. The smallest absolute Gasteiger partial charge is 0.338 e. The SMILES string of the molecule is CO[C@H]1O[C@H](COC(=O)c2ccccc2)[C@@H](NC(=O)N[C@@H]2O[C@H](COC(C)=O)[C@@H](OC(C)=O)[C@H](OC(C)=O)[C@H]2OC(C)=O)[C@H](OCc2ccccc2)[C@H]1OC(=O)c1ccccc1. The van der Waals surface area contributed by atoms with E-state index >= 15 is 0 Å². The number of amides is 2. The minimum Gasteiger partial charge on any atom is -0.463 e. The van der Waals surface area contributed by atoms with Gasteiger partial charge in [0, 0.05) is 34.8 Å². The van der Waals surface area contributed by atoms with E-state index in [0.29, 0.717) is 5.56 Å². The molecule has 332 valence electrons. The Kier molecular flexibility index (Phi) is 16.9. The van der Waals surface area contributed by atoms with Crippen LogP contribution >= 0.6 is 0 Å². The molecule has 2 amide bonds. The molecule has 3 aromatic rings. The lowest BCUT2D eigenvalue weighted by Crippen LogP contribution is -2.70. The summed E-state index contributed by atoms with van der Waals surface area (Å²) < 4.78 is 57.7. The summed E-state index contributed by atoms with van der Waals surface area (Å²) in [4.78, 5) is 90.0. The minimum atomic E-state index is -1.67. The summed E-state index contributed by atoms with van der Waals surface area (Å²) >= 11 is 0. The second-order valence-electron chi connectivity index (χ2n) is 14.0. The molecule has 0 spiro atoms. The Bertz CT molecular complexity index is 2000. The van der Waals surface area contributed by atoms with Gasteiger partial charge in [-0.2, -0.15) is 0 Å². The molecular formula is C43H48N2O17. The molecule has 62 heavy (non-hydrogen) atoms. The number of carbonyl (C=O) groups is 7. The zero-order chi connectivity index (χ0) is 44.8. The van der Waals surface area contributed by atoms with E-state index in [4.69, 9.17) is 47.4 Å². The maximum absolute atomic E-state index is 14.3. The number of ether oxygens (including phenoxy) is 10.